The van der Waals surface area contributed by atoms with Crippen molar-refractivity contribution in [2.45, 2.75) is 32.1 Å². The van der Waals surface area contributed by atoms with Gasteiger partial charge in [0.05, 0.1) is 25.3 Å². The smallest absolute Gasteiger partial charge is 0.415 e. The zero-order chi connectivity index (χ0) is 27.0. The van der Waals surface area contributed by atoms with Gasteiger partial charge in [-0.2, -0.15) is 0 Å². The number of benzene rings is 2. The van der Waals surface area contributed by atoms with Crippen molar-refractivity contribution in [1.29, 1.82) is 0 Å². The van der Waals surface area contributed by atoms with Gasteiger partial charge in [0.1, 0.15) is 30.5 Å². The highest BCUT2D eigenvalue weighted by Crippen LogP contribution is 2.33. The molecule has 198 valence electrons. The number of hydrogen-bond acceptors (Lipinski definition) is 8. The minimum Gasteiger partial charge on any atom is -0.489 e. The number of ether oxygens (including phenoxy) is 3. The third kappa shape index (κ3) is 5.08. The fourth-order valence-electron chi connectivity index (χ4n) is 4.35. The Balaban J connectivity index is 1.24. The first kappa shape index (κ1) is 25.0. The van der Waals surface area contributed by atoms with E-state index in [0.29, 0.717) is 29.1 Å². The number of halogens is 1. The van der Waals surface area contributed by atoms with E-state index in [2.05, 4.69) is 10.3 Å². The van der Waals surface area contributed by atoms with E-state index in [1.54, 1.807) is 47.9 Å². The Morgan fingerprint density at radius 2 is 2.16 bits per heavy atom. The number of amides is 2. The maximum absolute atomic E-state index is 15.1. The molecule has 0 saturated carbocycles. The van der Waals surface area contributed by atoms with E-state index in [1.165, 1.54) is 24.1 Å². The number of hydrogen-bond donors (Lipinski definition) is 1. The van der Waals surface area contributed by atoms with Crippen molar-refractivity contribution in [2.24, 2.45) is 0 Å². The summed E-state index contributed by atoms with van der Waals surface area (Å²) in [6, 6.07) is 11.5. The maximum Gasteiger partial charge on any atom is 0.415 e. The van der Waals surface area contributed by atoms with Gasteiger partial charge in [-0.15, -0.1) is 0 Å². The summed E-state index contributed by atoms with van der Waals surface area (Å²) in [5, 5.41) is 13.5. The molecule has 38 heavy (non-hydrogen) atoms. The summed E-state index contributed by atoms with van der Waals surface area (Å²) < 4.78 is 33.7. The summed E-state index contributed by atoms with van der Waals surface area (Å²) in [6.07, 6.45) is 0.184. The number of aromatic nitrogens is 2. The van der Waals surface area contributed by atoms with E-state index < -0.39 is 28.5 Å². The van der Waals surface area contributed by atoms with Crippen LogP contribution in [0, 0.1) is 15.9 Å². The van der Waals surface area contributed by atoms with Gasteiger partial charge >= 0.3 is 17.9 Å². The third-order valence-electron chi connectivity index (χ3n) is 6.16. The first-order chi connectivity index (χ1) is 18.1. The van der Waals surface area contributed by atoms with E-state index >= 15 is 4.39 Å². The Morgan fingerprint density at radius 3 is 2.87 bits per heavy atom. The molecule has 2 atom stereocenters. The Labute approximate surface area is 216 Å². The third-order valence-corrected chi connectivity index (χ3v) is 6.16. The highest BCUT2D eigenvalue weighted by Gasteiger charge is 2.41. The Bertz CT molecular complexity index is 1400. The lowest BCUT2D eigenvalue weighted by Crippen LogP contribution is -2.38. The van der Waals surface area contributed by atoms with Crippen LogP contribution in [0.2, 0.25) is 0 Å². The molecule has 2 aliphatic rings. The van der Waals surface area contributed by atoms with Crippen molar-refractivity contribution in [3.63, 3.8) is 0 Å². The Morgan fingerprint density at radius 1 is 1.34 bits per heavy atom. The van der Waals surface area contributed by atoms with E-state index in [0.717, 1.165) is 0 Å². The molecule has 2 aromatic carbocycles. The average Bonchev–Trinajstić information content (AvgIpc) is 3.53. The summed E-state index contributed by atoms with van der Waals surface area (Å²) in [5.74, 6) is -0.564. The molecule has 0 radical (unpaired) electrons. The first-order valence-electron chi connectivity index (χ1n) is 11.8. The van der Waals surface area contributed by atoms with Crippen LogP contribution < -0.4 is 19.7 Å². The largest absolute Gasteiger partial charge is 0.489 e. The predicted molar refractivity (Wildman–Crippen MR) is 132 cm³/mol. The number of nitrogens with zero attached hydrogens (tertiary/aromatic N) is 4. The monoisotopic (exact) mass is 525 g/mol. The zero-order valence-corrected chi connectivity index (χ0v) is 20.5. The molecule has 0 spiro atoms. The topological polar surface area (TPSA) is 138 Å². The molecule has 3 aromatic rings. The number of imidazole rings is 1. The van der Waals surface area contributed by atoms with Crippen LogP contribution in [-0.4, -0.2) is 57.9 Å². The molecule has 1 saturated heterocycles. The summed E-state index contributed by atoms with van der Waals surface area (Å²) in [5.41, 5.74) is 0.443. The molecule has 1 fully saturated rings. The highest BCUT2D eigenvalue weighted by molar-refractivity contribution is 5.90. The molecule has 2 aliphatic heterocycles. The van der Waals surface area contributed by atoms with Gasteiger partial charge in [-0.25, -0.2) is 9.18 Å². The van der Waals surface area contributed by atoms with Gasteiger partial charge < -0.3 is 29.6 Å². The first-order valence-corrected chi connectivity index (χ1v) is 11.8. The van der Waals surface area contributed by atoms with Crippen molar-refractivity contribution < 1.29 is 33.1 Å². The molecule has 13 heteroatoms. The van der Waals surface area contributed by atoms with E-state index in [4.69, 9.17) is 14.2 Å². The summed E-state index contributed by atoms with van der Waals surface area (Å²) in [6.45, 7) is 4.00. The SMILES string of the molecule is CC(=O)NCC1CN(c2ccc(-c3cccc(OCC4(C)Cn5cc([N+](=O)[O-])nc5O4)c3)c(F)c2)C(=O)O1. The molecule has 2 amide bonds. The quantitative estimate of drug-likeness (QED) is 0.349. The molecule has 1 aromatic heterocycles. The second-order valence-corrected chi connectivity index (χ2v) is 9.35. The molecule has 1 N–H and O–H groups in total. The van der Waals surface area contributed by atoms with Crippen LogP contribution in [0.1, 0.15) is 13.8 Å². The molecular weight excluding hydrogens is 501 g/mol. The normalized spacial score (nSPS) is 20.0. The molecule has 3 heterocycles. The number of carbonyl (C=O) groups excluding carboxylic acids is 2. The lowest BCUT2D eigenvalue weighted by Gasteiger charge is -2.22. The number of nitro groups is 1. The van der Waals surface area contributed by atoms with Crippen LogP contribution in [0.25, 0.3) is 11.1 Å². The van der Waals surface area contributed by atoms with Gasteiger partial charge in [0.2, 0.25) is 5.91 Å². The van der Waals surface area contributed by atoms with Crippen molar-refractivity contribution in [3.05, 3.63) is 64.6 Å². The molecule has 5 rings (SSSR count). The van der Waals surface area contributed by atoms with Gasteiger partial charge in [0.25, 0.3) is 0 Å². The molecule has 0 aliphatic carbocycles. The van der Waals surface area contributed by atoms with Crippen LogP contribution >= 0.6 is 0 Å². The van der Waals surface area contributed by atoms with Crippen molar-refractivity contribution >= 4 is 23.5 Å². The number of fused-ring (bicyclic) bond motifs is 1. The number of carbonyl (C=O) groups is 2. The van der Waals surface area contributed by atoms with Crippen molar-refractivity contribution in [3.8, 4) is 22.9 Å². The predicted octanol–water partition coefficient (Wildman–Crippen LogP) is 3.29. The van der Waals surface area contributed by atoms with Crippen LogP contribution in [0.15, 0.2) is 48.7 Å². The Kier molecular flexibility index (Phi) is 6.35. The standard InChI is InChI=1S/C25H24FN5O7/c1-15(32)27-10-19-11-30(24(33)37-19)17-6-7-20(21(26)9-17)16-4-3-5-18(8-16)36-14-25(2)13-29-12-22(31(34)35)28-23(29)38-25/h3-9,12,19H,10-11,13-14H2,1-2H3,(H,27,32). The van der Waals surface area contributed by atoms with E-state index in [-0.39, 0.29) is 37.4 Å². The number of cyclic esters (lactones) is 1. The zero-order valence-electron chi connectivity index (χ0n) is 20.5. The molecule has 12 nitrogen and oxygen atoms in total. The second-order valence-electron chi connectivity index (χ2n) is 9.35. The summed E-state index contributed by atoms with van der Waals surface area (Å²) >= 11 is 0. The highest BCUT2D eigenvalue weighted by atomic mass is 19.1. The van der Waals surface area contributed by atoms with E-state index in [1.807, 2.05) is 0 Å². The number of rotatable bonds is 8. The van der Waals surface area contributed by atoms with Gasteiger partial charge in [0, 0.05) is 17.5 Å². The minimum atomic E-state index is -0.789. The number of anilines is 1. The lowest BCUT2D eigenvalue weighted by atomic mass is 10.0. The fraction of sp³-hybridized carbons (Fsp3) is 0.320. The Hall–Kier alpha value is -4.68. The van der Waals surface area contributed by atoms with Crippen molar-refractivity contribution in [2.75, 3.05) is 24.6 Å². The van der Waals surface area contributed by atoms with Crippen LogP contribution in [-0.2, 0) is 16.1 Å². The lowest BCUT2D eigenvalue weighted by molar-refractivity contribution is -0.389. The fourth-order valence-corrected chi connectivity index (χ4v) is 4.35. The average molecular weight is 525 g/mol. The molecule has 0 bridgehead atoms. The van der Waals surface area contributed by atoms with Gasteiger partial charge in [-0.05, 0) is 47.7 Å². The molecular formula is C25H24FN5O7. The minimum absolute atomic E-state index is 0.131. The van der Waals surface area contributed by atoms with Gasteiger partial charge in [-0.3, -0.25) is 14.3 Å². The summed E-state index contributed by atoms with van der Waals surface area (Å²) in [4.78, 5) is 38.9. The van der Waals surface area contributed by atoms with Gasteiger partial charge in [-0.1, -0.05) is 12.1 Å². The van der Waals surface area contributed by atoms with Crippen LogP contribution in [0.5, 0.6) is 11.8 Å². The second kappa shape index (κ2) is 9.65. The van der Waals surface area contributed by atoms with Crippen molar-refractivity contribution in [1.82, 2.24) is 14.9 Å². The van der Waals surface area contributed by atoms with Crippen LogP contribution in [0.4, 0.5) is 20.7 Å². The maximum atomic E-state index is 15.1. The van der Waals surface area contributed by atoms with E-state index in [9.17, 15) is 19.7 Å². The summed E-state index contributed by atoms with van der Waals surface area (Å²) in [7, 11) is 0. The number of nitrogens with one attached hydrogen (secondary N) is 1. The molecule has 2 unspecified atom stereocenters. The van der Waals surface area contributed by atoms with Crippen LogP contribution in [0.3, 0.4) is 0 Å². The van der Waals surface area contributed by atoms with Gasteiger partial charge in [0.15, 0.2) is 5.60 Å².